The predicted molar refractivity (Wildman–Crippen MR) is 154 cm³/mol. The molecule has 0 aliphatic rings. The van der Waals surface area contributed by atoms with Crippen molar-refractivity contribution in [2.45, 2.75) is 103 Å². The molecule has 2 aromatic carbocycles. The minimum Gasteiger partial charge on any atom is -0.494 e. The molecule has 0 bridgehead atoms. The minimum absolute atomic E-state index is 0.0686. The maximum absolute atomic E-state index is 12.2. The van der Waals surface area contributed by atoms with Gasteiger partial charge < -0.3 is 9.64 Å². The van der Waals surface area contributed by atoms with Crippen molar-refractivity contribution in [3.63, 3.8) is 0 Å². The van der Waals surface area contributed by atoms with Crippen LogP contribution in [0.2, 0.25) is 0 Å². The van der Waals surface area contributed by atoms with E-state index in [1.165, 1.54) is 81.8 Å². The highest BCUT2D eigenvalue weighted by molar-refractivity contribution is 9.08. The number of hydrogen-bond donors (Lipinski definition) is 0. The van der Waals surface area contributed by atoms with Gasteiger partial charge in [0.05, 0.1) is 6.61 Å². The van der Waals surface area contributed by atoms with Crippen molar-refractivity contribution >= 4 is 27.5 Å². The van der Waals surface area contributed by atoms with Gasteiger partial charge in [-0.05, 0) is 48.2 Å². The normalized spacial score (nSPS) is 10.9. The Labute approximate surface area is 222 Å². The third-order valence-corrected chi connectivity index (χ3v) is 7.22. The number of hydrogen-bond acceptors (Lipinski definition) is 2. The van der Waals surface area contributed by atoms with E-state index in [-0.39, 0.29) is 5.91 Å². The lowest BCUT2D eigenvalue weighted by Crippen LogP contribution is -2.30. The maximum atomic E-state index is 12.2. The fourth-order valence-electron chi connectivity index (χ4n) is 4.40. The number of ether oxygens (including phenoxy) is 1. The largest absolute Gasteiger partial charge is 0.494 e. The van der Waals surface area contributed by atoms with Crippen LogP contribution in [-0.4, -0.2) is 19.1 Å². The molecule has 1 amide bonds. The molecule has 2 rings (SSSR count). The Hall–Kier alpha value is -1.81. The van der Waals surface area contributed by atoms with Crippen LogP contribution < -0.4 is 9.64 Å². The molecule has 0 radical (unpaired) electrons. The zero-order valence-electron chi connectivity index (χ0n) is 22.1. The molecule has 0 aromatic heterocycles. The topological polar surface area (TPSA) is 29.5 Å². The molecule has 0 spiro atoms. The first-order chi connectivity index (χ1) is 17.1. The van der Waals surface area contributed by atoms with Crippen molar-refractivity contribution < 1.29 is 9.53 Å². The van der Waals surface area contributed by atoms with Gasteiger partial charge in [-0.3, -0.25) is 4.79 Å². The molecule has 0 unspecified atom stereocenters. The van der Waals surface area contributed by atoms with Crippen LogP contribution in [0.25, 0.3) is 0 Å². The van der Waals surface area contributed by atoms with Gasteiger partial charge in [-0.2, -0.15) is 0 Å². The zero-order valence-corrected chi connectivity index (χ0v) is 23.7. The van der Waals surface area contributed by atoms with Crippen LogP contribution in [0.5, 0.6) is 5.75 Å². The van der Waals surface area contributed by atoms with Crippen LogP contribution in [0, 0.1) is 0 Å². The lowest BCUT2D eigenvalue weighted by Gasteiger charge is -2.22. The monoisotopic (exact) mass is 543 g/mol. The molecule has 0 N–H and O–H groups in total. The van der Waals surface area contributed by atoms with E-state index >= 15 is 0 Å². The number of amides is 1. The second-order valence-electron chi connectivity index (χ2n) is 9.61. The van der Waals surface area contributed by atoms with Crippen molar-refractivity contribution in [3.8, 4) is 5.75 Å². The molecule has 3 nitrogen and oxygen atoms in total. The average Bonchev–Trinajstić information content (AvgIpc) is 2.87. The Bertz CT molecular complexity index is 821. The SMILES string of the molecule is CCCCCCCCCCCCCCOc1ccc(CCN(C(C)=O)c2cccc(CBr)c2)cc1. The Morgan fingerprint density at radius 1 is 0.800 bits per heavy atom. The molecule has 0 saturated carbocycles. The summed E-state index contributed by atoms with van der Waals surface area (Å²) >= 11 is 3.49. The highest BCUT2D eigenvalue weighted by atomic mass is 79.9. The Balaban J connectivity index is 1.58. The van der Waals surface area contributed by atoms with Crippen LogP contribution in [0.1, 0.15) is 102 Å². The van der Waals surface area contributed by atoms with Gasteiger partial charge in [-0.15, -0.1) is 0 Å². The van der Waals surface area contributed by atoms with Crippen LogP contribution in [0.15, 0.2) is 48.5 Å². The number of carbonyl (C=O) groups excluding carboxylic acids is 1. The van der Waals surface area contributed by atoms with Gasteiger partial charge in [-0.25, -0.2) is 0 Å². The summed E-state index contributed by atoms with van der Waals surface area (Å²) in [5.74, 6) is 1.00. The highest BCUT2D eigenvalue weighted by Crippen LogP contribution is 2.20. The molecule has 0 aliphatic carbocycles. The van der Waals surface area contributed by atoms with Crippen molar-refractivity contribution in [1.82, 2.24) is 0 Å². The second-order valence-corrected chi connectivity index (χ2v) is 10.2. The standard InChI is InChI=1S/C31H46BrNO2/c1-3-4-5-6-7-8-9-10-11-12-13-14-24-35-31-20-18-28(19-21-31)22-23-33(27(2)34)30-17-15-16-29(25-30)26-32/h15-21,25H,3-14,22-24,26H2,1-2H3. The van der Waals surface area contributed by atoms with Crippen LogP contribution in [0.3, 0.4) is 0 Å². The number of carbonyl (C=O) groups is 1. The minimum atomic E-state index is 0.0686. The average molecular weight is 545 g/mol. The van der Waals surface area contributed by atoms with Crippen LogP contribution in [0.4, 0.5) is 5.69 Å². The van der Waals surface area contributed by atoms with Crippen molar-refractivity contribution in [2.24, 2.45) is 0 Å². The molecule has 2 aromatic rings. The van der Waals surface area contributed by atoms with E-state index in [4.69, 9.17) is 4.74 Å². The first-order valence-corrected chi connectivity index (χ1v) is 14.9. The van der Waals surface area contributed by atoms with E-state index in [1.54, 1.807) is 6.92 Å². The predicted octanol–water partition coefficient (Wildman–Crippen LogP) is 9.26. The molecule has 0 heterocycles. The number of halogens is 1. The summed E-state index contributed by atoms with van der Waals surface area (Å²) in [5, 5.41) is 0.785. The fraction of sp³-hybridized carbons (Fsp3) is 0.581. The molecular weight excluding hydrogens is 498 g/mol. The number of unbranched alkanes of at least 4 members (excludes halogenated alkanes) is 11. The molecule has 194 valence electrons. The third kappa shape index (κ3) is 12.6. The Morgan fingerprint density at radius 3 is 1.97 bits per heavy atom. The van der Waals surface area contributed by atoms with Crippen molar-refractivity contribution in [2.75, 3.05) is 18.1 Å². The number of nitrogens with zero attached hydrogens (tertiary/aromatic N) is 1. The molecule has 0 aliphatic heterocycles. The van der Waals surface area contributed by atoms with E-state index in [9.17, 15) is 4.79 Å². The van der Waals surface area contributed by atoms with Gasteiger partial charge in [0.2, 0.25) is 5.91 Å². The quantitative estimate of drug-likeness (QED) is 0.130. The van der Waals surface area contributed by atoms with Crippen molar-refractivity contribution in [1.29, 1.82) is 0 Å². The third-order valence-electron chi connectivity index (χ3n) is 6.57. The summed E-state index contributed by atoms with van der Waals surface area (Å²) in [5.41, 5.74) is 3.34. The van der Waals surface area contributed by atoms with E-state index in [0.29, 0.717) is 6.54 Å². The number of benzene rings is 2. The summed E-state index contributed by atoms with van der Waals surface area (Å²) < 4.78 is 5.94. The van der Waals surface area contributed by atoms with E-state index in [2.05, 4.69) is 59.3 Å². The summed E-state index contributed by atoms with van der Waals surface area (Å²) in [6, 6.07) is 16.5. The fourth-order valence-corrected chi connectivity index (χ4v) is 4.75. The van der Waals surface area contributed by atoms with E-state index in [1.807, 2.05) is 17.0 Å². The van der Waals surface area contributed by atoms with Gasteiger partial charge in [0.1, 0.15) is 5.75 Å². The van der Waals surface area contributed by atoms with Gasteiger partial charge in [0, 0.05) is 24.5 Å². The van der Waals surface area contributed by atoms with Gasteiger partial charge >= 0.3 is 0 Å². The lowest BCUT2D eigenvalue weighted by molar-refractivity contribution is -0.116. The van der Waals surface area contributed by atoms with Crippen molar-refractivity contribution in [3.05, 3.63) is 59.7 Å². The summed E-state index contributed by atoms with van der Waals surface area (Å²) in [4.78, 5) is 14.1. The van der Waals surface area contributed by atoms with Crippen LogP contribution >= 0.6 is 15.9 Å². The van der Waals surface area contributed by atoms with E-state index < -0.39 is 0 Å². The van der Waals surface area contributed by atoms with Gasteiger partial charge in [-0.1, -0.05) is 118 Å². The van der Waals surface area contributed by atoms with E-state index in [0.717, 1.165) is 36.2 Å². The molecule has 4 heteroatoms. The molecule has 0 atom stereocenters. The van der Waals surface area contributed by atoms with Gasteiger partial charge in [0.25, 0.3) is 0 Å². The summed E-state index contributed by atoms with van der Waals surface area (Å²) in [7, 11) is 0. The number of anilines is 1. The smallest absolute Gasteiger partial charge is 0.223 e. The first-order valence-electron chi connectivity index (χ1n) is 13.8. The molecule has 35 heavy (non-hydrogen) atoms. The summed E-state index contributed by atoms with van der Waals surface area (Å²) in [6.45, 7) is 5.37. The molecule has 0 saturated heterocycles. The number of rotatable bonds is 19. The van der Waals surface area contributed by atoms with Gasteiger partial charge in [0.15, 0.2) is 0 Å². The molecular formula is C31H46BrNO2. The highest BCUT2D eigenvalue weighted by Gasteiger charge is 2.12. The summed E-state index contributed by atoms with van der Waals surface area (Å²) in [6.07, 6.45) is 17.1. The zero-order chi connectivity index (χ0) is 25.1. The Kier molecular flexibility index (Phi) is 15.5. The first kappa shape index (κ1) is 29.4. The lowest BCUT2D eigenvalue weighted by atomic mass is 10.1. The Morgan fingerprint density at radius 2 is 1.40 bits per heavy atom. The second kappa shape index (κ2) is 18.5. The van der Waals surface area contributed by atoms with Crippen LogP contribution in [-0.2, 0) is 16.5 Å². The number of alkyl halides is 1. The maximum Gasteiger partial charge on any atom is 0.223 e. The molecule has 0 fully saturated rings.